The largest absolute Gasteiger partial charge is 0.393 e. The third-order valence-electron chi connectivity index (χ3n) is 3.01. The van der Waals surface area contributed by atoms with Crippen LogP contribution < -0.4 is 5.32 Å². The number of aliphatic hydroxyl groups excluding tert-OH is 1. The molecule has 0 spiro atoms. The molecule has 1 fully saturated rings. The van der Waals surface area contributed by atoms with Gasteiger partial charge in [0.15, 0.2) is 0 Å². The highest BCUT2D eigenvalue weighted by Crippen LogP contribution is 2.26. The van der Waals surface area contributed by atoms with Crippen molar-refractivity contribution in [2.75, 3.05) is 11.9 Å². The van der Waals surface area contributed by atoms with Crippen LogP contribution >= 0.6 is 11.5 Å². The Hall–Kier alpha value is -0.680. The Morgan fingerprint density at radius 3 is 2.88 bits per heavy atom. The van der Waals surface area contributed by atoms with Gasteiger partial charge in [-0.2, -0.15) is 4.37 Å². The summed E-state index contributed by atoms with van der Waals surface area (Å²) in [7, 11) is 0. The molecule has 1 aromatic heterocycles. The maximum absolute atomic E-state index is 9.42. The fourth-order valence-corrected chi connectivity index (χ4v) is 2.72. The van der Waals surface area contributed by atoms with Crippen molar-refractivity contribution in [3.63, 3.8) is 0 Å². The molecule has 5 heteroatoms. The second kappa shape index (κ2) is 5.10. The predicted octanol–water partition coefficient (Wildman–Crippen LogP) is 2.23. The lowest BCUT2D eigenvalue weighted by Gasteiger charge is -2.08. The number of hydrogen-bond donors (Lipinski definition) is 2. The van der Waals surface area contributed by atoms with Gasteiger partial charge in [0.25, 0.3) is 0 Å². The first-order chi connectivity index (χ1) is 7.65. The summed E-state index contributed by atoms with van der Waals surface area (Å²) in [6.45, 7) is 5.10. The summed E-state index contributed by atoms with van der Waals surface area (Å²) in [5.41, 5.74) is 0. The van der Waals surface area contributed by atoms with E-state index in [1.54, 1.807) is 0 Å². The van der Waals surface area contributed by atoms with E-state index in [4.69, 9.17) is 0 Å². The molecule has 1 saturated carbocycles. The zero-order valence-corrected chi connectivity index (χ0v) is 10.6. The Labute approximate surface area is 100 Å². The fraction of sp³-hybridized carbons (Fsp3) is 0.818. The van der Waals surface area contributed by atoms with E-state index < -0.39 is 0 Å². The second-order valence-corrected chi connectivity index (χ2v) is 5.58. The molecule has 1 aromatic rings. The summed E-state index contributed by atoms with van der Waals surface area (Å²) in [6.07, 6.45) is 2.89. The first-order valence-electron chi connectivity index (χ1n) is 5.90. The zero-order valence-electron chi connectivity index (χ0n) is 9.81. The Morgan fingerprint density at radius 2 is 2.31 bits per heavy atom. The molecule has 0 amide bonds. The van der Waals surface area contributed by atoms with Gasteiger partial charge in [0.2, 0.25) is 5.13 Å². The molecule has 0 radical (unpaired) electrons. The topological polar surface area (TPSA) is 58.0 Å². The van der Waals surface area contributed by atoms with Gasteiger partial charge in [-0.15, -0.1) is 0 Å². The highest BCUT2D eigenvalue weighted by molar-refractivity contribution is 7.09. The van der Waals surface area contributed by atoms with E-state index >= 15 is 0 Å². The van der Waals surface area contributed by atoms with E-state index in [1.807, 2.05) is 0 Å². The molecule has 2 unspecified atom stereocenters. The molecule has 0 aliphatic heterocycles. The van der Waals surface area contributed by atoms with Crippen molar-refractivity contribution >= 4 is 16.7 Å². The van der Waals surface area contributed by atoms with E-state index in [2.05, 4.69) is 28.5 Å². The number of rotatable bonds is 4. The van der Waals surface area contributed by atoms with Gasteiger partial charge in [-0.1, -0.05) is 13.8 Å². The maximum atomic E-state index is 9.42. The number of aliphatic hydroxyl groups is 1. The lowest BCUT2D eigenvalue weighted by molar-refractivity contribution is 0.178. The summed E-state index contributed by atoms with van der Waals surface area (Å²) in [4.78, 5) is 4.42. The number of hydrogen-bond acceptors (Lipinski definition) is 5. The van der Waals surface area contributed by atoms with E-state index in [1.165, 1.54) is 11.5 Å². The maximum Gasteiger partial charge on any atom is 0.202 e. The minimum Gasteiger partial charge on any atom is -0.393 e. The third kappa shape index (κ3) is 2.92. The Morgan fingerprint density at radius 1 is 1.50 bits per heavy atom. The van der Waals surface area contributed by atoms with Gasteiger partial charge in [-0.3, -0.25) is 0 Å². The molecule has 2 N–H and O–H groups in total. The summed E-state index contributed by atoms with van der Waals surface area (Å²) in [5.74, 6) is 1.89. The van der Waals surface area contributed by atoms with Crippen LogP contribution in [0.25, 0.3) is 0 Å². The van der Waals surface area contributed by atoms with Gasteiger partial charge in [0.1, 0.15) is 5.82 Å². The van der Waals surface area contributed by atoms with Gasteiger partial charge in [-0.25, -0.2) is 4.98 Å². The van der Waals surface area contributed by atoms with Crippen molar-refractivity contribution in [1.82, 2.24) is 9.36 Å². The van der Waals surface area contributed by atoms with Crippen LogP contribution in [-0.2, 0) is 0 Å². The molecule has 1 aliphatic carbocycles. The zero-order chi connectivity index (χ0) is 11.5. The van der Waals surface area contributed by atoms with Crippen molar-refractivity contribution in [2.24, 2.45) is 5.92 Å². The van der Waals surface area contributed by atoms with Crippen molar-refractivity contribution in [3.05, 3.63) is 5.82 Å². The van der Waals surface area contributed by atoms with Crippen LogP contribution in [0.4, 0.5) is 5.13 Å². The Balaban J connectivity index is 1.80. The fourth-order valence-electron chi connectivity index (χ4n) is 2.01. The van der Waals surface area contributed by atoms with Crippen LogP contribution in [-0.4, -0.2) is 27.1 Å². The predicted molar refractivity (Wildman–Crippen MR) is 65.8 cm³/mol. The highest BCUT2D eigenvalue weighted by atomic mass is 32.1. The monoisotopic (exact) mass is 241 g/mol. The number of nitrogens with zero attached hydrogens (tertiary/aromatic N) is 2. The van der Waals surface area contributed by atoms with Crippen LogP contribution in [0.2, 0.25) is 0 Å². The molecule has 16 heavy (non-hydrogen) atoms. The van der Waals surface area contributed by atoms with Gasteiger partial charge >= 0.3 is 0 Å². The number of aromatic nitrogens is 2. The molecule has 4 nitrogen and oxygen atoms in total. The normalized spacial score (nSPS) is 25.2. The van der Waals surface area contributed by atoms with E-state index in [0.717, 1.165) is 36.8 Å². The van der Waals surface area contributed by atoms with Crippen LogP contribution in [0.15, 0.2) is 0 Å². The van der Waals surface area contributed by atoms with Gasteiger partial charge < -0.3 is 10.4 Å². The lowest BCUT2D eigenvalue weighted by atomic mass is 10.1. The average Bonchev–Trinajstić information content (AvgIpc) is 2.83. The summed E-state index contributed by atoms with van der Waals surface area (Å²) in [5, 5.41) is 13.6. The highest BCUT2D eigenvalue weighted by Gasteiger charge is 2.22. The summed E-state index contributed by atoms with van der Waals surface area (Å²) < 4.78 is 4.29. The van der Waals surface area contributed by atoms with Crippen molar-refractivity contribution in [3.8, 4) is 0 Å². The minimum absolute atomic E-state index is 0.0903. The van der Waals surface area contributed by atoms with Gasteiger partial charge in [-0.05, 0) is 25.2 Å². The molecule has 0 saturated heterocycles. The minimum atomic E-state index is -0.0903. The van der Waals surface area contributed by atoms with Crippen LogP contribution in [0.5, 0.6) is 0 Å². The Bertz CT molecular complexity index is 340. The van der Waals surface area contributed by atoms with E-state index in [0.29, 0.717) is 11.8 Å². The van der Waals surface area contributed by atoms with E-state index in [9.17, 15) is 5.11 Å². The lowest BCUT2D eigenvalue weighted by Crippen LogP contribution is -2.12. The molecule has 1 aliphatic rings. The van der Waals surface area contributed by atoms with Crippen molar-refractivity contribution in [2.45, 2.75) is 45.1 Å². The first kappa shape index (κ1) is 11.8. The molecule has 90 valence electrons. The standard InChI is InChI=1S/C11H19N3OS/c1-7(2)10-13-11(16-14-10)12-6-8-3-4-9(15)5-8/h7-9,15H,3-6H2,1-2H3,(H,12,13,14). The third-order valence-corrected chi connectivity index (χ3v) is 3.70. The number of nitrogens with one attached hydrogen (secondary N) is 1. The Kier molecular flexibility index (Phi) is 3.76. The van der Waals surface area contributed by atoms with Crippen molar-refractivity contribution in [1.29, 1.82) is 0 Å². The molecule has 1 heterocycles. The quantitative estimate of drug-likeness (QED) is 0.848. The van der Waals surface area contributed by atoms with E-state index in [-0.39, 0.29) is 6.10 Å². The van der Waals surface area contributed by atoms with Gasteiger partial charge in [0.05, 0.1) is 6.10 Å². The molecule has 2 atom stereocenters. The van der Waals surface area contributed by atoms with Crippen LogP contribution in [0.1, 0.15) is 44.9 Å². The summed E-state index contributed by atoms with van der Waals surface area (Å²) in [6, 6.07) is 0. The molecular formula is C11H19N3OS. The smallest absolute Gasteiger partial charge is 0.202 e. The van der Waals surface area contributed by atoms with Crippen molar-refractivity contribution < 1.29 is 5.11 Å². The molecule has 2 rings (SSSR count). The van der Waals surface area contributed by atoms with Crippen LogP contribution in [0, 0.1) is 5.92 Å². The SMILES string of the molecule is CC(C)c1nsc(NCC2CCC(O)C2)n1. The summed E-state index contributed by atoms with van der Waals surface area (Å²) >= 11 is 1.43. The number of anilines is 1. The molecule has 0 bridgehead atoms. The second-order valence-electron chi connectivity index (χ2n) is 4.83. The molecule has 0 aromatic carbocycles. The first-order valence-corrected chi connectivity index (χ1v) is 6.68. The average molecular weight is 241 g/mol. The molecular weight excluding hydrogens is 222 g/mol. The van der Waals surface area contributed by atoms with Gasteiger partial charge in [0, 0.05) is 24.0 Å². The van der Waals surface area contributed by atoms with Crippen LogP contribution in [0.3, 0.4) is 0 Å².